The summed E-state index contributed by atoms with van der Waals surface area (Å²) in [5.74, 6) is 2.85. The number of ether oxygens (including phenoxy) is 2. The summed E-state index contributed by atoms with van der Waals surface area (Å²) in [4.78, 5) is 26.1. The maximum absolute atomic E-state index is 12.9. The summed E-state index contributed by atoms with van der Waals surface area (Å²) in [6.07, 6.45) is 7.68. The zero-order chi connectivity index (χ0) is 50.4. The number of sulfone groups is 2. The molecule has 0 aliphatic heterocycles. The van der Waals surface area contributed by atoms with Crippen LogP contribution in [0.15, 0.2) is 126 Å². The van der Waals surface area contributed by atoms with Gasteiger partial charge in [-0.05, 0) is 113 Å². The maximum Gasteiger partial charge on any atom is 0.229 e. The Morgan fingerprint density at radius 1 is 0.557 bits per heavy atom. The summed E-state index contributed by atoms with van der Waals surface area (Å²) >= 11 is 12.7. The fourth-order valence-corrected chi connectivity index (χ4v) is 9.24. The number of hydrogen-bond donors (Lipinski definition) is 6. The molecule has 0 bridgehead atoms. The number of rotatable bonds is 20. The van der Waals surface area contributed by atoms with Crippen LogP contribution in [0.5, 0.6) is 11.5 Å². The first-order valence-corrected chi connectivity index (χ1v) is 25.7. The highest BCUT2D eigenvalue weighted by Crippen LogP contribution is 2.34. The van der Waals surface area contributed by atoms with Crippen LogP contribution in [0.1, 0.15) is 38.8 Å². The Morgan fingerprint density at radius 3 is 1.43 bits per heavy atom. The molecule has 0 spiro atoms. The number of hydrogen-bond acceptors (Lipinski definition) is 18. The first-order chi connectivity index (χ1) is 33.5. The molecule has 0 radical (unpaired) electrons. The summed E-state index contributed by atoms with van der Waals surface area (Å²) in [6.45, 7) is 7.71. The van der Waals surface area contributed by atoms with Crippen molar-refractivity contribution in [3.05, 3.63) is 137 Å². The van der Waals surface area contributed by atoms with Crippen molar-refractivity contribution < 1.29 is 26.3 Å². The first-order valence-electron chi connectivity index (χ1n) is 21.9. The summed E-state index contributed by atoms with van der Waals surface area (Å²) in [6, 6.07) is 26.5. The van der Waals surface area contributed by atoms with Crippen molar-refractivity contribution in [2.75, 3.05) is 53.9 Å². The highest BCUT2D eigenvalue weighted by molar-refractivity contribution is 7.92. The third-order valence-corrected chi connectivity index (χ3v) is 15.3. The van der Waals surface area contributed by atoms with Crippen molar-refractivity contribution >= 4 is 95.1 Å². The van der Waals surface area contributed by atoms with E-state index in [-0.39, 0.29) is 43.4 Å². The molecule has 7 aromatic rings. The molecule has 4 aromatic carbocycles. The zero-order valence-corrected chi connectivity index (χ0v) is 42.4. The third-order valence-electron chi connectivity index (χ3n) is 10.3. The molecule has 0 atom stereocenters. The smallest absolute Gasteiger partial charge is 0.229 e. The van der Waals surface area contributed by atoms with Gasteiger partial charge in [0.15, 0.2) is 31.3 Å². The quantitative estimate of drug-likeness (QED) is 0.0416. The highest BCUT2D eigenvalue weighted by Gasteiger charge is 2.25. The normalized spacial score (nSPS) is 11.4. The van der Waals surface area contributed by atoms with E-state index < -0.39 is 30.2 Å². The number of nitrogens with one attached hydrogen (secondary N) is 5. The number of para-hydroxylation sites is 2. The van der Waals surface area contributed by atoms with Gasteiger partial charge < -0.3 is 41.8 Å². The Labute approximate surface area is 418 Å². The molecule has 22 heteroatoms. The fourth-order valence-electron chi connectivity index (χ4n) is 6.56. The van der Waals surface area contributed by atoms with Crippen molar-refractivity contribution in [2.24, 2.45) is 5.73 Å². The number of methoxy groups -OCH3 is 2. The molecular weight excluding hydrogens is 976 g/mol. The number of nitrogens with zero attached hydrogens (tertiary/aromatic N) is 6. The lowest BCUT2D eigenvalue weighted by molar-refractivity contribution is 0.416. The lowest BCUT2D eigenvalue weighted by atomic mass is 10.1. The molecule has 7 rings (SSSR count). The molecular formula is C48H54Cl2N12O6S2. The molecule has 7 N–H and O–H groups in total. The van der Waals surface area contributed by atoms with Gasteiger partial charge in [-0.25, -0.2) is 36.8 Å². The minimum Gasteiger partial charge on any atom is -0.495 e. The van der Waals surface area contributed by atoms with E-state index in [0.717, 1.165) is 11.1 Å². The average molecular weight is 1030 g/mol. The van der Waals surface area contributed by atoms with E-state index in [2.05, 4.69) is 56.5 Å². The molecule has 368 valence electrons. The van der Waals surface area contributed by atoms with Crippen LogP contribution < -0.4 is 41.8 Å². The monoisotopic (exact) mass is 1030 g/mol. The Bertz CT molecular complexity index is 3120. The second-order valence-corrected chi connectivity index (χ2v) is 21.6. The number of benzene rings is 4. The third kappa shape index (κ3) is 13.5. The first kappa shape index (κ1) is 52.5. The minimum atomic E-state index is -3.53. The van der Waals surface area contributed by atoms with Crippen molar-refractivity contribution in [3.63, 3.8) is 0 Å². The van der Waals surface area contributed by atoms with E-state index >= 15 is 0 Å². The van der Waals surface area contributed by atoms with Gasteiger partial charge in [0.1, 0.15) is 21.5 Å². The number of halogens is 2. The number of nitrogens with two attached hydrogens (primary N) is 1. The predicted molar refractivity (Wildman–Crippen MR) is 278 cm³/mol. The van der Waals surface area contributed by atoms with Gasteiger partial charge in [-0.15, -0.1) is 0 Å². The number of aromatic nitrogens is 6. The van der Waals surface area contributed by atoms with Gasteiger partial charge in [0.2, 0.25) is 17.8 Å². The van der Waals surface area contributed by atoms with Crippen molar-refractivity contribution in [1.82, 2.24) is 29.9 Å². The topological polar surface area (TPSA) is 250 Å². The van der Waals surface area contributed by atoms with Crippen LogP contribution in [0.25, 0.3) is 0 Å². The predicted octanol–water partition coefficient (Wildman–Crippen LogP) is 9.56. The van der Waals surface area contributed by atoms with Crippen LogP contribution in [0.3, 0.4) is 0 Å². The standard InChI is InChI=1S/C26H28ClN7O3S.C22H26ClN5O3S/c1-17(2)38(35,36)23-8-5-4-7-20(23)32-24-19(27)16-31-26(34-24)33-21-15-18(9-10-22(21)37-3)11-14-30-25-28-12-6-13-29-25;1-14(2)32(29,30)20-7-5-4-6-17(20)26-21-16(23)13-25-22(28-21)27-18-12-15(10-11-24)8-9-19(18)31-3/h4-10,12-13,15-17H,11,14H2,1-3H3,(H,28,29,30)(H2,31,32,33,34);4-9,12-14H,10-11,24H2,1-3H3,(H2,25,26,27,28). The highest BCUT2D eigenvalue weighted by atomic mass is 35.5. The lowest BCUT2D eigenvalue weighted by Gasteiger charge is -2.16. The molecule has 0 aliphatic carbocycles. The molecule has 70 heavy (non-hydrogen) atoms. The molecule has 3 aromatic heterocycles. The molecule has 0 unspecified atom stereocenters. The Hall–Kier alpha value is -6.84. The minimum absolute atomic E-state index is 0.170. The molecule has 0 amide bonds. The van der Waals surface area contributed by atoms with Crippen molar-refractivity contribution in [1.29, 1.82) is 0 Å². The summed E-state index contributed by atoms with van der Waals surface area (Å²) < 4.78 is 62.1. The van der Waals surface area contributed by atoms with Gasteiger partial charge in [0.05, 0.1) is 69.7 Å². The summed E-state index contributed by atoms with van der Waals surface area (Å²) in [5.41, 5.74) is 9.84. The molecule has 0 saturated heterocycles. The largest absolute Gasteiger partial charge is 0.495 e. The lowest BCUT2D eigenvalue weighted by Crippen LogP contribution is -2.15. The van der Waals surface area contributed by atoms with Gasteiger partial charge in [-0.1, -0.05) is 59.6 Å². The van der Waals surface area contributed by atoms with Gasteiger partial charge >= 0.3 is 0 Å². The van der Waals surface area contributed by atoms with E-state index in [4.69, 9.17) is 38.4 Å². The van der Waals surface area contributed by atoms with Crippen LogP contribution in [-0.4, -0.2) is 84.5 Å². The molecule has 0 aliphatic rings. The van der Waals surface area contributed by atoms with Crippen LogP contribution in [0.2, 0.25) is 10.0 Å². The van der Waals surface area contributed by atoms with E-state index in [9.17, 15) is 16.8 Å². The Kier molecular flexibility index (Phi) is 18.1. The SMILES string of the molecule is COc1ccc(CCN)cc1Nc1ncc(Cl)c(Nc2ccccc2S(=O)(=O)C(C)C)n1.COc1ccc(CCNc2ncccn2)cc1Nc1ncc(Cl)c(Nc2ccccc2S(=O)(=O)C(C)C)n1. The van der Waals surface area contributed by atoms with Crippen LogP contribution >= 0.6 is 23.2 Å². The van der Waals surface area contributed by atoms with Crippen molar-refractivity contribution in [2.45, 2.75) is 60.8 Å². The Balaban J connectivity index is 0.000000233. The number of anilines is 9. The maximum atomic E-state index is 12.9. The van der Waals surface area contributed by atoms with E-state index in [1.807, 2.05) is 36.4 Å². The Morgan fingerprint density at radius 2 is 1.00 bits per heavy atom. The van der Waals surface area contributed by atoms with Gasteiger partial charge in [0, 0.05) is 18.9 Å². The molecule has 0 saturated carbocycles. The summed E-state index contributed by atoms with van der Waals surface area (Å²) in [5, 5.41) is 14.9. The van der Waals surface area contributed by atoms with Crippen molar-refractivity contribution in [3.8, 4) is 11.5 Å². The van der Waals surface area contributed by atoms with Crippen LogP contribution in [-0.2, 0) is 32.5 Å². The second-order valence-electron chi connectivity index (χ2n) is 15.8. The second kappa shape index (κ2) is 24.1. The fraction of sp³-hybridized carbons (Fsp3) is 0.250. The van der Waals surface area contributed by atoms with Gasteiger partial charge in [0.25, 0.3) is 0 Å². The van der Waals surface area contributed by atoms with Gasteiger partial charge in [-0.3, -0.25) is 0 Å². The van der Waals surface area contributed by atoms with E-state index in [1.165, 1.54) is 12.4 Å². The zero-order valence-electron chi connectivity index (χ0n) is 39.2. The van der Waals surface area contributed by atoms with E-state index in [0.29, 0.717) is 66.1 Å². The molecule has 3 heterocycles. The summed E-state index contributed by atoms with van der Waals surface area (Å²) in [7, 11) is -3.89. The average Bonchev–Trinajstić information content (AvgIpc) is 3.34. The van der Waals surface area contributed by atoms with E-state index in [1.54, 1.807) is 109 Å². The molecule has 0 fully saturated rings. The molecule has 18 nitrogen and oxygen atoms in total. The van der Waals surface area contributed by atoms with Crippen LogP contribution in [0.4, 0.5) is 52.2 Å². The van der Waals surface area contributed by atoms with Crippen LogP contribution in [0, 0.1) is 0 Å². The van der Waals surface area contributed by atoms with Gasteiger partial charge in [-0.2, -0.15) is 9.97 Å².